The lowest BCUT2D eigenvalue weighted by Gasteiger charge is -2.24. The van der Waals surface area contributed by atoms with Crippen molar-refractivity contribution < 1.29 is 14.3 Å². The van der Waals surface area contributed by atoms with Gasteiger partial charge in [0.25, 0.3) is 0 Å². The molecule has 0 unspecified atom stereocenters. The molecule has 0 bridgehead atoms. The lowest BCUT2D eigenvalue weighted by atomic mass is 10.0. The molecule has 0 aromatic heterocycles. The molecular weight excluding hydrogens is 380 g/mol. The first kappa shape index (κ1) is 22.2. The Labute approximate surface area is 177 Å². The summed E-state index contributed by atoms with van der Waals surface area (Å²) in [6.07, 6.45) is 2.40. The highest BCUT2D eigenvalue weighted by Crippen LogP contribution is 2.19. The molecule has 1 saturated heterocycles. The predicted octanol–water partition coefficient (Wildman–Crippen LogP) is 1.05. The fourth-order valence-corrected chi connectivity index (χ4v) is 3.92. The summed E-state index contributed by atoms with van der Waals surface area (Å²) in [5.74, 6) is -0.127. The van der Waals surface area contributed by atoms with Gasteiger partial charge in [0, 0.05) is 19.6 Å². The van der Waals surface area contributed by atoms with Crippen LogP contribution in [0.3, 0.4) is 0 Å². The fourth-order valence-electron chi connectivity index (χ4n) is 3.92. The third kappa shape index (κ3) is 6.01. The Bertz CT molecular complexity index is 837. The van der Waals surface area contributed by atoms with Gasteiger partial charge in [-0.1, -0.05) is 42.5 Å². The molecule has 1 aliphatic heterocycles. The van der Waals surface area contributed by atoms with Gasteiger partial charge >= 0.3 is 0 Å². The Morgan fingerprint density at radius 3 is 2.80 bits per heavy atom. The zero-order chi connectivity index (χ0) is 21.2. The zero-order valence-corrected chi connectivity index (χ0v) is 17.4. The minimum Gasteiger partial charge on any atom is -0.378 e. The van der Waals surface area contributed by atoms with Gasteiger partial charge in [-0.15, -0.1) is 0 Å². The number of nitrogens with one attached hydrogen (secondary N) is 2. The highest BCUT2D eigenvalue weighted by Gasteiger charge is 2.33. The first-order valence-corrected chi connectivity index (χ1v) is 10.7. The molecule has 7 nitrogen and oxygen atoms in total. The molecule has 3 rings (SSSR count). The third-order valence-electron chi connectivity index (χ3n) is 5.41. The van der Waals surface area contributed by atoms with E-state index in [1.807, 2.05) is 12.1 Å². The maximum absolute atomic E-state index is 12.6. The number of amides is 2. The number of nitrogens with two attached hydrogens (primary N) is 1. The van der Waals surface area contributed by atoms with E-state index in [9.17, 15) is 9.59 Å². The number of carbonyl (C=O) groups excluding carboxylic acids is 2. The average Bonchev–Trinajstić information content (AvgIpc) is 3.26. The molecule has 2 aromatic rings. The molecule has 7 heteroatoms. The first-order valence-electron chi connectivity index (χ1n) is 10.7. The van der Waals surface area contributed by atoms with Crippen LogP contribution in [0.15, 0.2) is 42.5 Å². The van der Waals surface area contributed by atoms with E-state index in [2.05, 4.69) is 41.0 Å². The van der Waals surface area contributed by atoms with Crippen molar-refractivity contribution in [2.75, 3.05) is 45.9 Å². The van der Waals surface area contributed by atoms with E-state index < -0.39 is 0 Å². The maximum atomic E-state index is 12.6. The number of nitrogens with zero attached hydrogens (tertiary/aromatic N) is 1. The summed E-state index contributed by atoms with van der Waals surface area (Å²) in [5, 5.41) is 8.58. The molecule has 162 valence electrons. The summed E-state index contributed by atoms with van der Waals surface area (Å²) in [5.41, 5.74) is 6.63. The van der Waals surface area contributed by atoms with Crippen molar-refractivity contribution in [1.29, 1.82) is 0 Å². The number of benzene rings is 2. The third-order valence-corrected chi connectivity index (χ3v) is 5.41. The molecule has 30 heavy (non-hydrogen) atoms. The molecule has 2 aromatic carbocycles. The first-order chi connectivity index (χ1) is 14.7. The minimum absolute atomic E-state index is 0.0232. The number of carbonyl (C=O) groups is 2. The van der Waals surface area contributed by atoms with E-state index in [-0.39, 0.29) is 24.4 Å². The van der Waals surface area contributed by atoms with E-state index in [0.717, 1.165) is 12.8 Å². The fraction of sp³-hybridized carbons (Fsp3) is 0.478. The van der Waals surface area contributed by atoms with Crippen LogP contribution in [0, 0.1) is 0 Å². The smallest absolute Gasteiger partial charge is 0.242 e. The quantitative estimate of drug-likeness (QED) is 0.480. The Kier molecular flexibility index (Phi) is 8.62. The van der Waals surface area contributed by atoms with Crippen molar-refractivity contribution in [2.24, 2.45) is 5.73 Å². The molecule has 0 aliphatic carbocycles. The van der Waals surface area contributed by atoms with Gasteiger partial charge in [0.05, 0.1) is 19.8 Å². The summed E-state index contributed by atoms with van der Waals surface area (Å²) in [4.78, 5) is 26.8. The largest absolute Gasteiger partial charge is 0.378 e. The Morgan fingerprint density at radius 1 is 1.10 bits per heavy atom. The van der Waals surface area contributed by atoms with Gasteiger partial charge in [0.1, 0.15) is 6.04 Å². The van der Waals surface area contributed by atoms with Gasteiger partial charge in [0.15, 0.2) is 0 Å². The van der Waals surface area contributed by atoms with E-state index in [4.69, 9.17) is 10.5 Å². The van der Waals surface area contributed by atoms with Crippen LogP contribution >= 0.6 is 0 Å². The van der Waals surface area contributed by atoms with Crippen LogP contribution in [0.4, 0.5) is 0 Å². The van der Waals surface area contributed by atoms with Crippen LogP contribution in [0.25, 0.3) is 10.8 Å². The predicted molar refractivity (Wildman–Crippen MR) is 118 cm³/mol. The maximum Gasteiger partial charge on any atom is 0.242 e. The Hall–Kier alpha value is -2.48. The molecule has 1 aliphatic rings. The van der Waals surface area contributed by atoms with Gasteiger partial charge in [0.2, 0.25) is 11.8 Å². The number of rotatable bonds is 11. The monoisotopic (exact) mass is 412 g/mol. The number of likely N-dealkylation sites (tertiary alicyclic amines) is 1. The van der Waals surface area contributed by atoms with Crippen LogP contribution in [0.5, 0.6) is 0 Å². The lowest BCUT2D eigenvalue weighted by molar-refractivity contribution is -0.137. The van der Waals surface area contributed by atoms with Gasteiger partial charge in [-0.3, -0.25) is 9.59 Å². The van der Waals surface area contributed by atoms with Crippen LogP contribution in [0.1, 0.15) is 18.4 Å². The molecule has 0 saturated carbocycles. The van der Waals surface area contributed by atoms with Crippen LogP contribution in [0.2, 0.25) is 0 Å². The van der Waals surface area contributed by atoms with E-state index in [0.29, 0.717) is 45.8 Å². The second-order valence-corrected chi connectivity index (χ2v) is 7.50. The van der Waals surface area contributed by atoms with Crippen molar-refractivity contribution >= 4 is 22.6 Å². The minimum atomic E-state index is -0.383. The second kappa shape index (κ2) is 11.6. The number of hydrogen-bond acceptors (Lipinski definition) is 5. The average molecular weight is 413 g/mol. The van der Waals surface area contributed by atoms with Crippen molar-refractivity contribution in [3.05, 3.63) is 48.0 Å². The Morgan fingerprint density at radius 2 is 1.93 bits per heavy atom. The molecule has 1 heterocycles. The van der Waals surface area contributed by atoms with Crippen molar-refractivity contribution in [2.45, 2.75) is 25.3 Å². The zero-order valence-electron chi connectivity index (χ0n) is 17.4. The summed E-state index contributed by atoms with van der Waals surface area (Å²) >= 11 is 0. The summed E-state index contributed by atoms with van der Waals surface area (Å²) in [6.45, 7) is 3.39. The van der Waals surface area contributed by atoms with Crippen molar-refractivity contribution in [1.82, 2.24) is 15.5 Å². The normalized spacial score (nSPS) is 16.2. The van der Waals surface area contributed by atoms with Crippen LogP contribution in [-0.2, 0) is 20.7 Å². The SMILES string of the molecule is NCCOCCNC(=O)[C@@H]1CCCN1C(=O)CNCCc1cccc2ccccc12. The number of fused-ring (bicyclic) bond motifs is 1. The standard InChI is InChI=1S/C23H32N4O3/c24-11-15-30-16-13-26-23(29)21-9-4-14-27(21)22(28)17-25-12-10-19-7-3-6-18-5-1-2-8-20(18)19/h1-3,5-8,21,25H,4,9-17,24H2,(H,26,29)/t21-/m0/s1. The van der Waals surface area contributed by atoms with Gasteiger partial charge in [-0.05, 0) is 42.1 Å². The summed E-state index contributed by atoms with van der Waals surface area (Å²) in [6, 6.07) is 14.2. The van der Waals surface area contributed by atoms with Crippen LogP contribution in [-0.4, -0.2) is 68.7 Å². The second-order valence-electron chi connectivity index (χ2n) is 7.50. The Balaban J connectivity index is 1.42. The topological polar surface area (TPSA) is 96.7 Å². The van der Waals surface area contributed by atoms with Crippen molar-refractivity contribution in [3.63, 3.8) is 0 Å². The molecule has 2 amide bonds. The molecule has 1 fully saturated rings. The number of ether oxygens (including phenoxy) is 1. The summed E-state index contributed by atoms with van der Waals surface area (Å²) < 4.78 is 5.27. The highest BCUT2D eigenvalue weighted by atomic mass is 16.5. The lowest BCUT2D eigenvalue weighted by Crippen LogP contribution is -2.49. The molecule has 4 N–H and O–H groups in total. The van der Waals surface area contributed by atoms with Gasteiger partial charge < -0.3 is 26.0 Å². The van der Waals surface area contributed by atoms with E-state index in [1.54, 1.807) is 4.90 Å². The van der Waals surface area contributed by atoms with E-state index in [1.165, 1.54) is 16.3 Å². The number of hydrogen-bond donors (Lipinski definition) is 3. The summed E-state index contributed by atoms with van der Waals surface area (Å²) in [7, 11) is 0. The molecule has 0 radical (unpaired) electrons. The van der Waals surface area contributed by atoms with Crippen LogP contribution < -0.4 is 16.4 Å². The molecule has 1 atom stereocenters. The highest BCUT2D eigenvalue weighted by molar-refractivity contribution is 5.89. The van der Waals surface area contributed by atoms with E-state index >= 15 is 0 Å². The molecular formula is C23H32N4O3. The van der Waals surface area contributed by atoms with Gasteiger partial charge in [-0.2, -0.15) is 0 Å². The van der Waals surface area contributed by atoms with Gasteiger partial charge in [-0.25, -0.2) is 0 Å². The van der Waals surface area contributed by atoms with Crippen molar-refractivity contribution in [3.8, 4) is 0 Å². The molecule has 0 spiro atoms.